The Labute approximate surface area is 128 Å². The van der Waals surface area contributed by atoms with Crippen molar-refractivity contribution < 1.29 is 9.53 Å². The number of ether oxygens (including phenoxy) is 1. The highest BCUT2D eigenvalue weighted by molar-refractivity contribution is 5.92. The molecule has 1 aliphatic carbocycles. The van der Waals surface area contributed by atoms with E-state index in [4.69, 9.17) is 4.74 Å². The third-order valence-corrected chi connectivity index (χ3v) is 3.22. The number of carbonyl (C=O) groups is 1. The van der Waals surface area contributed by atoms with Crippen molar-refractivity contribution in [2.45, 2.75) is 25.8 Å². The summed E-state index contributed by atoms with van der Waals surface area (Å²) in [7, 11) is 0. The van der Waals surface area contributed by atoms with E-state index in [1.54, 1.807) is 12.3 Å². The molecule has 1 aromatic carbocycles. The van der Waals surface area contributed by atoms with Crippen LogP contribution in [0.4, 0.5) is 11.6 Å². The molecule has 1 heterocycles. The second-order valence-electron chi connectivity index (χ2n) is 5.10. The van der Waals surface area contributed by atoms with Gasteiger partial charge in [-0.1, -0.05) is 0 Å². The first-order chi connectivity index (χ1) is 10.7. The third-order valence-electron chi connectivity index (χ3n) is 3.22. The second kappa shape index (κ2) is 6.43. The van der Waals surface area contributed by atoms with Crippen LogP contribution in [0.5, 0.6) is 5.75 Å². The molecule has 2 N–H and O–H groups in total. The molecule has 22 heavy (non-hydrogen) atoms. The molecule has 3 rings (SSSR count). The van der Waals surface area contributed by atoms with Crippen LogP contribution in [0.15, 0.2) is 36.5 Å². The molecule has 0 bridgehead atoms. The van der Waals surface area contributed by atoms with Crippen molar-refractivity contribution in [1.29, 1.82) is 0 Å². The second-order valence-corrected chi connectivity index (χ2v) is 5.10. The molecule has 1 aliphatic rings. The summed E-state index contributed by atoms with van der Waals surface area (Å²) in [5.41, 5.74) is 1.21. The molecule has 0 atom stereocenters. The molecule has 2 aromatic rings. The van der Waals surface area contributed by atoms with Crippen LogP contribution in [0.1, 0.15) is 30.3 Å². The fourth-order valence-corrected chi connectivity index (χ4v) is 1.96. The summed E-state index contributed by atoms with van der Waals surface area (Å²) in [5.74, 6) is 1.05. The van der Waals surface area contributed by atoms with E-state index in [0.717, 1.165) is 24.3 Å². The highest BCUT2D eigenvalue weighted by atomic mass is 16.5. The Kier molecular flexibility index (Phi) is 4.18. The monoisotopic (exact) mass is 298 g/mol. The minimum atomic E-state index is -0.153. The number of rotatable bonds is 6. The van der Waals surface area contributed by atoms with Gasteiger partial charge < -0.3 is 15.4 Å². The summed E-state index contributed by atoms with van der Waals surface area (Å²) in [4.78, 5) is 20.3. The fraction of sp³-hybridized carbons (Fsp3) is 0.312. The maximum Gasteiger partial charge on any atom is 0.270 e. The number of nitrogens with zero attached hydrogens (tertiary/aromatic N) is 2. The lowest BCUT2D eigenvalue weighted by Crippen LogP contribution is -2.26. The van der Waals surface area contributed by atoms with Crippen LogP contribution in [-0.2, 0) is 0 Å². The SMILES string of the molecule is CCOc1ccc(Nc2nccc(C(=O)NC3CC3)n2)cc1. The van der Waals surface area contributed by atoms with Crippen molar-refractivity contribution in [1.82, 2.24) is 15.3 Å². The molecule has 114 valence electrons. The van der Waals surface area contributed by atoms with Gasteiger partial charge in [0.1, 0.15) is 11.4 Å². The summed E-state index contributed by atoms with van der Waals surface area (Å²) < 4.78 is 5.39. The Hall–Kier alpha value is -2.63. The Balaban J connectivity index is 1.67. The molecular weight excluding hydrogens is 280 g/mol. The van der Waals surface area contributed by atoms with E-state index >= 15 is 0 Å². The number of hydrogen-bond acceptors (Lipinski definition) is 5. The van der Waals surface area contributed by atoms with Gasteiger partial charge in [0.25, 0.3) is 5.91 Å². The number of aromatic nitrogens is 2. The molecular formula is C16H18N4O2. The standard InChI is InChI=1S/C16H18N4O2/c1-2-22-13-7-5-12(6-8-13)19-16-17-10-9-14(20-16)15(21)18-11-3-4-11/h5-11H,2-4H2,1H3,(H,18,21)(H,17,19,20). The van der Waals surface area contributed by atoms with Gasteiger partial charge in [-0.3, -0.25) is 4.79 Å². The smallest absolute Gasteiger partial charge is 0.270 e. The van der Waals surface area contributed by atoms with Crippen LogP contribution in [-0.4, -0.2) is 28.5 Å². The average Bonchev–Trinajstić information content (AvgIpc) is 3.34. The minimum absolute atomic E-state index is 0.153. The van der Waals surface area contributed by atoms with Crippen LogP contribution in [0.3, 0.4) is 0 Å². The number of nitrogens with one attached hydrogen (secondary N) is 2. The summed E-state index contributed by atoms with van der Waals surface area (Å²) in [6.07, 6.45) is 3.67. The van der Waals surface area contributed by atoms with E-state index in [9.17, 15) is 4.79 Å². The molecule has 1 aromatic heterocycles. The zero-order valence-corrected chi connectivity index (χ0v) is 12.4. The molecule has 1 fully saturated rings. The van der Waals surface area contributed by atoms with E-state index in [0.29, 0.717) is 24.3 Å². The van der Waals surface area contributed by atoms with Crippen LogP contribution in [0, 0.1) is 0 Å². The third kappa shape index (κ3) is 3.72. The van der Waals surface area contributed by atoms with Gasteiger partial charge in [-0.2, -0.15) is 0 Å². The van der Waals surface area contributed by atoms with Crippen LogP contribution in [0.25, 0.3) is 0 Å². The van der Waals surface area contributed by atoms with Gasteiger partial charge in [-0.05, 0) is 50.1 Å². The first-order valence-electron chi connectivity index (χ1n) is 7.38. The van der Waals surface area contributed by atoms with Crippen molar-refractivity contribution in [3.05, 3.63) is 42.2 Å². The molecule has 1 amide bonds. The normalized spacial score (nSPS) is 13.5. The van der Waals surface area contributed by atoms with E-state index in [1.165, 1.54) is 0 Å². The maximum atomic E-state index is 12.0. The molecule has 0 saturated heterocycles. The van der Waals surface area contributed by atoms with Gasteiger partial charge in [-0.25, -0.2) is 9.97 Å². The van der Waals surface area contributed by atoms with E-state index in [-0.39, 0.29) is 5.91 Å². The summed E-state index contributed by atoms with van der Waals surface area (Å²) >= 11 is 0. The molecule has 0 unspecified atom stereocenters. The van der Waals surface area contributed by atoms with Crippen molar-refractivity contribution >= 4 is 17.5 Å². The Morgan fingerprint density at radius 3 is 2.73 bits per heavy atom. The van der Waals surface area contributed by atoms with Crippen molar-refractivity contribution in [2.75, 3.05) is 11.9 Å². The van der Waals surface area contributed by atoms with Crippen LogP contribution < -0.4 is 15.4 Å². The van der Waals surface area contributed by atoms with E-state index in [1.807, 2.05) is 31.2 Å². The van der Waals surface area contributed by atoms with Crippen LogP contribution >= 0.6 is 0 Å². The van der Waals surface area contributed by atoms with Gasteiger partial charge in [0.15, 0.2) is 0 Å². The summed E-state index contributed by atoms with van der Waals surface area (Å²) in [6.45, 7) is 2.58. The predicted molar refractivity (Wildman–Crippen MR) is 83.4 cm³/mol. The van der Waals surface area contributed by atoms with Crippen molar-refractivity contribution in [3.63, 3.8) is 0 Å². The lowest BCUT2D eigenvalue weighted by Gasteiger charge is -2.08. The molecule has 0 aliphatic heterocycles. The highest BCUT2D eigenvalue weighted by Crippen LogP contribution is 2.20. The number of anilines is 2. The predicted octanol–water partition coefficient (Wildman–Crippen LogP) is 2.51. The summed E-state index contributed by atoms with van der Waals surface area (Å²) in [6, 6.07) is 9.42. The number of hydrogen-bond donors (Lipinski definition) is 2. The van der Waals surface area contributed by atoms with Gasteiger partial charge in [-0.15, -0.1) is 0 Å². The lowest BCUT2D eigenvalue weighted by atomic mass is 10.3. The van der Waals surface area contributed by atoms with E-state index in [2.05, 4.69) is 20.6 Å². The maximum absolute atomic E-state index is 12.0. The Morgan fingerprint density at radius 2 is 2.05 bits per heavy atom. The van der Waals surface area contributed by atoms with E-state index < -0.39 is 0 Å². The zero-order chi connectivity index (χ0) is 15.4. The first-order valence-corrected chi connectivity index (χ1v) is 7.38. The average molecular weight is 298 g/mol. The molecule has 6 nitrogen and oxygen atoms in total. The molecule has 0 radical (unpaired) electrons. The fourth-order valence-electron chi connectivity index (χ4n) is 1.96. The largest absolute Gasteiger partial charge is 0.494 e. The minimum Gasteiger partial charge on any atom is -0.494 e. The molecule has 0 spiro atoms. The van der Waals surface area contributed by atoms with Crippen molar-refractivity contribution in [2.24, 2.45) is 0 Å². The first kappa shape index (κ1) is 14.3. The lowest BCUT2D eigenvalue weighted by molar-refractivity contribution is 0.0946. The highest BCUT2D eigenvalue weighted by Gasteiger charge is 2.24. The quantitative estimate of drug-likeness (QED) is 0.857. The van der Waals surface area contributed by atoms with Crippen molar-refractivity contribution in [3.8, 4) is 5.75 Å². The summed E-state index contributed by atoms with van der Waals surface area (Å²) in [5, 5.41) is 5.99. The van der Waals surface area contributed by atoms with Gasteiger partial charge in [0, 0.05) is 17.9 Å². The Morgan fingerprint density at radius 1 is 1.27 bits per heavy atom. The van der Waals surface area contributed by atoms with Gasteiger partial charge in [0.05, 0.1) is 6.61 Å². The molecule has 6 heteroatoms. The molecule has 1 saturated carbocycles. The zero-order valence-electron chi connectivity index (χ0n) is 12.4. The number of benzene rings is 1. The van der Waals surface area contributed by atoms with Gasteiger partial charge in [0.2, 0.25) is 5.95 Å². The number of carbonyl (C=O) groups excluding carboxylic acids is 1. The van der Waals surface area contributed by atoms with Gasteiger partial charge >= 0.3 is 0 Å². The Bertz CT molecular complexity index is 653. The van der Waals surface area contributed by atoms with Crippen LogP contribution in [0.2, 0.25) is 0 Å². The topological polar surface area (TPSA) is 76.1 Å². The number of amides is 1.